The van der Waals surface area contributed by atoms with E-state index in [0.717, 1.165) is 27.8 Å². The molecule has 47 heavy (non-hydrogen) atoms. The molecule has 3 aromatic rings. The second-order valence-electron chi connectivity index (χ2n) is 12.0. The minimum Gasteiger partial charge on any atom is -0.462 e. The monoisotopic (exact) mass is 639 g/mol. The highest BCUT2D eigenvalue weighted by atomic mass is 16.6. The summed E-state index contributed by atoms with van der Waals surface area (Å²) < 4.78 is 11.4. The fourth-order valence-electron chi connectivity index (χ4n) is 6.02. The molecule has 0 fully saturated rings. The SMILES string of the molecule is C[C@H](CO)NC(=O)C[C@H]1CC=CCC[C@H](NC(=O)OCC2c3ccccc3-c3ccccc32)C(=O)OC[C@@H](c2ccccc2)NC1=O. The molecule has 3 amide bonds. The zero-order valence-electron chi connectivity index (χ0n) is 26.4. The number of allylic oxidation sites excluding steroid dienone is 2. The highest BCUT2D eigenvalue weighted by Gasteiger charge is 2.31. The molecule has 4 N–H and O–H groups in total. The Morgan fingerprint density at radius 2 is 1.62 bits per heavy atom. The van der Waals surface area contributed by atoms with Crippen molar-refractivity contribution in [3.05, 3.63) is 108 Å². The number of fused-ring (bicyclic) bond motifs is 3. The molecule has 0 saturated carbocycles. The first kappa shape index (κ1) is 33.4. The molecule has 246 valence electrons. The maximum Gasteiger partial charge on any atom is 0.407 e. The van der Waals surface area contributed by atoms with Crippen LogP contribution in [0.1, 0.15) is 61.3 Å². The lowest BCUT2D eigenvalue weighted by atomic mass is 9.97. The number of aliphatic hydroxyl groups is 1. The molecule has 0 saturated heterocycles. The zero-order valence-corrected chi connectivity index (χ0v) is 26.4. The average molecular weight is 640 g/mol. The normalized spacial score (nSPS) is 20.6. The Balaban J connectivity index is 1.27. The van der Waals surface area contributed by atoms with Gasteiger partial charge in [0.25, 0.3) is 0 Å². The van der Waals surface area contributed by atoms with Gasteiger partial charge in [-0.05, 0) is 54.0 Å². The van der Waals surface area contributed by atoms with Gasteiger partial charge in [0.1, 0.15) is 19.3 Å². The number of hydrogen-bond donors (Lipinski definition) is 4. The van der Waals surface area contributed by atoms with E-state index in [1.807, 2.05) is 72.8 Å². The van der Waals surface area contributed by atoms with Gasteiger partial charge >= 0.3 is 12.1 Å². The molecule has 5 rings (SSSR count). The molecule has 0 aromatic heterocycles. The molecular formula is C37H41N3O7. The summed E-state index contributed by atoms with van der Waals surface area (Å²) in [5, 5.41) is 17.6. The van der Waals surface area contributed by atoms with E-state index < -0.39 is 36.1 Å². The lowest BCUT2D eigenvalue weighted by molar-refractivity contribution is -0.147. The largest absolute Gasteiger partial charge is 0.462 e. The van der Waals surface area contributed by atoms with E-state index in [4.69, 9.17) is 9.47 Å². The number of nitrogens with one attached hydrogen (secondary N) is 3. The Morgan fingerprint density at radius 1 is 0.957 bits per heavy atom. The van der Waals surface area contributed by atoms with Crippen LogP contribution in [0.3, 0.4) is 0 Å². The predicted molar refractivity (Wildman–Crippen MR) is 176 cm³/mol. The second kappa shape index (κ2) is 16.0. The van der Waals surface area contributed by atoms with E-state index in [0.29, 0.717) is 6.42 Å². The van der Waals surface area contributed by atoms with Crippen LogP contribution < -0.4 is 16.0 Å². The van der Waals surface area contributed by atoms with Gasteiger partial charge in [-0.3, -0.25) is 9.59 Å². The van der Waals surface area contributed by atoms with E-state index >= 15 is 0 Å². The van der Waals surface area contributed by atoms with Crippen molar-refractivity contribution >= 4 is 23.9 Å². The fraction of sp³-hybridized carbons (Fsp3) is 0.351. The Labute approximate surface area is 274 Å². The minimum atomic E-state index is -0.982. The molecule has 1 aliphatic heterocycles. The number of carbonyl (C=O) groups excluding carboxylic acids is 4. The van der Waals surface area contributed by atoms with Gasteiger partial charge in [0.05, 0.1) is 18.6 Å². The topological polar surface area (TPSA) is 143 Å². The number of hydrogen-bond acceptors (Lipinski definition) is 7. The smallest absolute Gasteiger partial charge is 0.407 e. The third kappa shape index (κ3) is 8.65. The minimum absolute atomic E-state index is 0.0756. The molecule has 10 nitrogen and oxygen atoms in total. The van der Waals surface area contributed by atoms with Gasteiger partial charge in [0.2, 0.25) is 11.8 Å². The van der Waals surface area contributed by atoms with Crippen LogP contribution in [0.25, 0.3) is 11.1 Å². The van der Waals surface area contributed by atoms with E-state index in [9.17, 15) is 24.3 Å². The number of carbonyl (C=O) groups is 4. The number of esters is 1. The molecular weight excluding hydrogens is 598 g/mol. The summed E-state index contributed by atoms with van der Waals surface area (Å²) in [5.74, 6) is -2.16. The van der Waals surface area contributed by atoms with E-state index in [-0.39, 0.29) is 56.8 Å². The van der Waals surface area contributed by atoms with Crippen molar-refractivity contribution in [2.45, 2.75) is 56.7 Å². The third-order valence-electron chi connectivity index (χ3n) is 8.52. The zero-order chi connectivity index (χ0) is 33.2. The third-order valence-corrected chi connectivity index (χ3v) is 8.52. The fourth-order valence-corrected chi connectivity index (χ4v) is 6.02. The highest BCUT2D eigenvalue weighted by molar-refractivity contribution is 5.86. The number of rotatable bonds is 8. The van der Waals surface area contributed by atoms with Crippen LogP contribution in [0.2, 0.25) is 0 Å². The van der Waals surface area contributed by atoms with Crippen LogP contribution in [0.15, 0.2) is 91.0 Å². The van der Waals surface area contributed by atoms with Gasteiger partial charge in [-0.15, -0.1) is 0 Å². The number of amides is 3. The van der Waals surface area contributed by atoms with Gasteiger partial charge in [0.15, 0.2) is 0 Å². The number of ether oxygens (including phenoxy) is 2. The lowest BCUT2D eigenvalue weighted by Gasteiger charge is -2.24. The first-order chi connectivity index (χ1) is 22.8. The van der Waals surface area contributed by atoms with Crippen molar-refractivity contribution in [3.8, 4) is 11.1 Å². The molecule has 0 spiro atoms. The van der Waals surface area contributed by atoms with Crippen LogP contribution >= 0.6 is 0 Å². The average Bonchev–Trinajstić information content (AvgIpc) is 3.41. The number of aliphatic hydroxyl groups excluding tert-OH is 1. The maximum absolute atomic E-state index is 13.4. The molecule has 0 radical (unpaired) electrons. The standard InChI is InChI=1S/C37H41N3O7/c1-24(21-41)38-34(42)20-26-14-6-3-7-19-32(36(44)46-23-33(39-35(26)43)25-12-4-2-5-13-25)40-37(45)47-22-31-29-17-10-8-15-27(29)28-16-9-11-18-30(28)31/h2-6,8-13,15-18,24,26,31-33,41H,7,14,19-23H2,1H3,(H,38,42)(H,39,43)(H,40,45)/t24-,26-,32+,33+/m1/s1. The molecule has 2 aliphatic rings. The van der Waals surface area contributed by atoms with Crippen LogP contribution in [0, 0.1) is 5.92 Å². The van der Waals surface area contributed by atoms with Gasteiger partial charge in [0, 0.05) is 18.4 Å². The summed E-state index contributed by atoms with van der Waals surface area (Å²) >= 11 is 0. The van der Waals surface area contributed by atoms with E-state index in [1.165, 1.54) is 0 Å². The first-order valence-corrected chi connectivity index (χ1v) is 16.0. The van der Waals surface area contributed by atoms with Crippen molar-refractivity contribution in [1.82, 2.24) is 16.0 Å². The molecule has 3 aromatic carbocycles. The van der Waals surface area contributed by atoms with E-state index in [2.05, 4.69) is 28.1 Å². The summed E-state index contributed by atoms with van der Waals surface area (Å²) in [4.78, 5) is 52.4. The van der Waals surface area contributed by atoms with Gasteiger partial charge in [-0.1, -0.05) is 91.0 Å². The number of benzene rings is 3. The molecule has 1 heterocycles. The molecule has 1 aliphatic carbocycles. The Bertz CT molecular complexity index is 1550. The van der Waals surface area contributed by atoms with Crippen LogP contribution in [0.4, 0.5) is 4.79 Å². The summed E-state index contributed by atoms with van der Waals surface area (Å²) in [5.41, 5.74) is 5.12. The van der Waals surface area contributed by atoms with Crippen LogP contribution in [-0.4, -0.2) is 60.9 Å². The Kier molecular flexibility index (Phi) is 11.4. The van der Waals surface area contributed by atoms with Crippen molar-refractivity contribution in [2.24, 2.45) is 5.92 Å². The first-order valence-electron chi connectivity index (χ1n) is 16.0. The molecule has 0 bridgehead atoms. The molecule has 0 unspecified atom stereocenters. The van der Waals surface area contributed by atoms with Crippen LogP contribution in [0.5, 0.6) is 0 Å². The highest BCUT2D eigenvalue weighted by Crippen LogP contribution is 2.44. The number of alkyl carbamates (subject to hydrolysis) is 1. The van der Waals surface area contributed by atoms with Crippen molar-refractivity contribution in [3.63, 3.8) is 0 Å². The summed E-state index contributed by atoms with van der Waals surface area (Å²) in [7, 11) is 0. The Morgan fingerprint density at radius 3 is 2.30 bits per heavy atom. The molecule has 10 heteroatoms. The maximum atomic E-state index is 13.4. The molecule has 4 atom stereocenters. The summed E-state index contributed by atoms with van der Waals surface area (Å²) in [6, 6.07) is 23.1. The van der Waals surface area contributed by atoms with Gasteiger partial charge < -0.3 is 30.5 Å². The van der Waals surface area contributed by atoms with Gasteiger partial charge in [-0.2, -0.15) is 0 Å². The van der Waals surface area contributed by atoms with Crippen molar-refractivity contribution in [1.29, 1.82) is 0 Å². The lowest BCUT2D eigenvalue weighted by Crippen LogP contribution is -2.44. The number of cyclic esters (lactones) is 1. The second-order valence-corrected chi connectivity index (χ2v) is 12.0. The van der Waals surface area contributed by atoms with Gasteiger partial charge in [-0.25, -0.2) is 9.59 Å². The summed E-state index contributed by atoms with van der Waals surface area (Å²) in [6.45, 7) is 1.39. The Hall–Kier alpha value is -4.96. The van der Waals surface area contributed by atoms with Crippen molar-refractivity contribution < 1.29 is 33.8 Å². The van der Waals surface area contributed by atoms with Crippen molar-refractivity contribution in [2.75, 3.05) is 19.8 Å². The quantitative estimate of drug-likeness (QED) is 0.209. The van der Waals surface area contributed by atoms with E-state index in [1.54, 1.807) is 13.0 Å². The predicted octanol–water partition coefficient (Wildman–Crippen LogP) is 4.54. The van der Waals surface area contributed by atoms with Crippen LogP contribution in [-0.2, 0) is 23.9 Å². The summed E-state index contributed by atoms with van der Waals surface area (Å²) in [6.07, 6.45) is 3.77.